The van der Waals surface area contributed by atoms with Crippen LogP contribution >= 0.6 is 11.3 Å². The van der Waals surface area contributed by atoms with Crippen LogP contribution in [0.2, 0.25) is 0 Å². The minimum absolute atomic E-state index is 0.0809. The lowest BCUT2D eigenvalue weighted by molar-refractivity contribution is 0.0725. The third-order valence-electron chi connectivity index (χ3n) is 4.24. The second-order valence-electron chi connectivity index (χ2n) is 5.69. The number of likely N-dealkylation sites (tertiary alicyclic amines) is 1. The van der Waals surface area contributed by atoms with Crippen molar-refractivity contribution in [3.05, 3.63) is 58.7 Å². The SMILES string of the molecule is O=C(c1cscn1)N1CCCC1c1ncc(-c2ccccc2F)[nH]1. The number of hydrogen-bond acceptors (Lipinski definition) is 4. The highest BCUT2D eigenvalue weighted by Gasteiger charge is 2.33. The first kappa shape index (κ1) is 15.0. The maximum absolute atomic E-state index is 13.9. The zero-order chi connectivity index (χ0) is 16.5. The van der Waals surface area contributed by atoms with Gasteiger partial charge >= 0.3 is 0 Å². The molecule has 5 nitrogen and oxygen atoms in total. The van der Waals surface area contributed by atoms with Crippen LogP contribution in [-0.2, 0) is 0 Å². The Bertz CT molecular complexity index is 861. The van der Waals surface area contributed by atoms with Gasteiger partial charge in [-0.25, -0.2) is 14.4 Å². The number of H-pyrrole nitrogens is 1. The number of thiazole rings is 1. The maximum Gasteiger partial charge on any atom is 0.273 e. The van der Waals surface area contributed by atoms with Gasteiger partial charge in [0.25, 0.3) is 5.91 Å². The van der Waals surface area contributed by atoms with Crippen molar-refractivity contribution >= 4 is 17.2 Å². The first-order chi connectivity index (χ1) is 11.7. The highest BCUT2D eigenvalue weighted by molar-refractivity contribution is 7.07. The number of amides is 1. The summed E-state index contributed by atoms with van der Waals surface area (Å²) in [6, 6.07) is 6.44. The molecule has 1 saturated heterocycles. The summed E-state index contributed by atoms with van der Waals surface area (Å²) < 4.78 is 13.9. The molecule has 0 saturated carbocycles. The summed E-state index contributed by atoms with van der Waals surface area (Å²) in [7, 11) is 0. The minimum Gasteiger partial charge on any atom is -0.340 e. The van der Waals surface area contributed by atoms with Crippen LogP contribution in [0.5, 0.6) is 0 Å². The molecular formula is C17H15FN4OS. The van der Waals surface area contributed by atoms with E-state index >= 15 is 0 Å². The molecule has 1 fully saturated rings. The molecule has 7 heteroatoms. The predicted molar refractivity (Wildman–Crippen MR) is 89.1 cm³/mol. The van der Waals surface area contributed by atoms with Gasteiger partial charge in [-0.2, -0.15) is 0 Å². The van der Waals surface area contributed by atoms with Gasteiger partial charge in [-0.1, -0.05) is 12.1 Å². The highest BCUT2D eigenvalue weighted by atomic mass is 32.1. The summed E-state index contributed by atoms with van der Waals surface area (Å²) in [4.78, 5) is 26.1. The Morgan fingerprint density at radius 1 is 1.33 bits per heavy atom. The number of aromatic nitrogens is 3. The number of carbonyl (C=O) groups is 1. The van der Waals surface area contributed by atoms with E-state index in [1.165, 1.54) is 17.4 Å². The number of benzene rings is 1. The van der Waals surface area contributed by atoms with E-state index in [-0.39, 0.29) is 17.8 Å². The molecule has 0 aliphatic carbocycles. The summed E-state index contributed by atoms with van der Waals surface area (Å²) in [6.07, 6.45) is 3.37. The van der Waals surface area contributed by atoms with Gasteiger partial charge in [-0.3, -0.25) is 4.79 Å². The van der Waals surface area contributed by atoms with Crippen LogP contribution in [0.15, 0.2) is 41.4 Å². The molecule has 4 rings (SSSR count). The summed E-state index contributed by atoms with van der Waals surface area (Å²) in [5.74, 6) is 0.312. The van der Waals surface area contributed by atoms with Gasteiger partial charge in [0.1, 0.15) is 17.3 Å². The van der Waals surface area contributed by atoms with E-state index in [2.05, 4.69) is 15.0 Å². The Morgan fingerprint density at radius 3 is 3.00 bits per heavy atom. The predicted octanol–water partition coefficient (Wildman–Crippen LogP) is 3.65. The summed E-state index contributed by atoms with van der Waals surface area (Å²) in [6.45, 7) is 0.677. The smallest absolute Gasteiger partial charge is 0.273 e. The molecular weight excluding hydrogens is 327 g/mol. The van der Waals surface area contributed by atoms with Gasteiger partial charge in [0.2, 0.25) is 0 Å². The van der Waals surface area contributed by atoms with E-state index in [0.29, 0.717) is 29.3 Å². The number of carbonyl (C=O) groups excluding carboxylic acids is 1. The first-order valence-corrected chi connectivity index (χ1v) is 8.67. The number of imidazole rings is 1. The van der Waals surface area contributed by atoms with Crippen molar-refractivity contribution in [2.45, 2.75) is 18.9 Å². The molecule has 0 bridgehead atoms. The fourth-order valence-electron chi connectivity index (χ4n) is 3.08. The Morgan fingerprint density at radius 2 is 2.21 bits per heavy atom. The van der Waals surface area contributed by atoms with Crippen molar-refractivity contribution in [2.24, 2.45) is 0 Å². The second kappa shape index (κ2) is 6.16. The van der Waals surface area contributed by atoms with Gasteiger partial charge in [-0.05, 0) is 25.0 Å². The van der Waals surface area contributed by atoms with Crippen molar-refractivity contribution in [1.29, 1.82) is 0 Å². The third-order valence-corrected chi connectivity index (χ3v) is 4.83. The van der Waals surface area contributed by atoms with Crippen LogP contribution in [0.1, 0.15) is 35.2 Å². The van der Waals surface area contributed by atoms with Crippen molar-refractivity contribution in [2.75, 3.05) is 6.54 Å². The number of nitrogens with one attached hydrogen (secondary N) is 1. The standard InChI is InChI=1S/C17H15FN4OS/c18-12-5-2-1-4-11(12)13-8-19-16(21-13)15-6-3-7-22(15)17(23)14-9-24-10-20-14/h1-2,4-5,8-10,15H,3,6-7H2,(H,19,21). The first-order valence-electron chi connectivity index (χ1n) is 7.73. The molecule has 1 atom stereocenters. The van der Waals surface area contributed by atoms with Gasteiger partial charge in [0.15, 0.2) is 0 Å². The number of halogens is 1. The Hall–Kier alpha value is -2.54. The average molecular weight is 342 g/mol. The van der Waals surface area contributed by atoms with E-state index in [1.807, 2.05) is 0 Å². The van der Waals surface area contributed by atoms with Gasteiger partial charge in [-0.15, -0.1) is 11.3 Å². The zero-order valence-corrected chi connectivity index (χ0v) is 13.6. The van der Waals surface area contributed by atoms with Crippen molar-refractivity contribution in [3.63, 3.8) is 0 Å². The molecule has 3 heterocycles. The molecule has 1 aliphatic heterocycles. The molecule has 0 radical (unpaired) electrons. The Labute approximate surface area is 142 Å². The Balaban J connectivity index is 1.62. The average Bonchev–Trinajstić information content (AvgIpc) is 3.34. The summed E-state index contributed by atoms with van der Waals surface area (Å²) >= 11 is 1.40. The molecule has 1 unspecified atom stereocenters. The molecule has 1 N–H and O–H groups in total. The summed E-state index contributed by atoms with van der Waals surface area (Å²) in [5.41, 5.74) is 3.22. The van der Waals surface area contributed by atoms with Crippen molar-refractivity contribution < 1.29 is 9.18 Å². The molecule has 24 heavy (non-hydrogen) atoms. The Kier molecular flexibility index (Phi) is 3.86. The van der Waals surface area contributed by atoms with Gasteiger partial charge in [0, 0.05) is 17.5 Å². The van der Waals surface area contributed by atoms with Gasteiger partial charge < -0.3 is 9.88 Å². The molecule has 122 valence electrons. The third kappa shape index (κ3) is 2.60. The second-order valence-corrected chi connectivity index (χ2v) is 6.41. The molecule has 0 spiro atoms. The zero-order valence-electron chi connectivity index (χ0n) is 12.8. The van der Waals surface area contributed by atoms with Crippen LogP contribution < -0.4 is 0 Å². The van der Waals surface area contributed by atoms with E-state index in [4.69, 9.17) is 0 Å². The minimum atomic E-state index is -0.297. The number of aromatic amines is 1. The summed E-state index contributed by atoms with van der Waals surface area (Å²) in [5, 5.41) is 1.75. The quantitative estimate of drug-likeness (QED) is 0.790. The van der Waals surface area contributed by atoms with Crippen LogP contribution in [0, 0.1) is 5.82 Å². The van der Waals surface area contributed by atoms with Gasteiger partial charge in [0.05, 0.1) is 23.4 Å². The van der Waals surface area contributed by atoms with E-state index < -0.39 is 0 Å². The number of nitrogens with zero attached hydrogens (tertiary/aromatic N) is 3. The lowest BCUT2D eigenvalue weighted by Gasteiger charge is -2.22. The monoisotopic (exact) mass is 342 g/mol. The largest absolute Gasteiger partial charge is 0.340 e. The van der Waals surface area contributed by atoms with Crippen LogP contribution in [0.25, 0.3) is 11.3 Å². The molecule has 1 amide bonds. The van der Waals surface area contributed by atoms with E-state index in [9.17, 15) is 9.18 Å². The lowest BCUT2D eigenvalue weighted by atomic mass is 10.1. The number of rotatable bonds is 3. The number of hydrogen-bond donors (Lipinski definition) is 1. The van der Waals surface area contributed by atoms with Crippen LogP contribution in [-0.4, -0.2) is 32.3 Å². The molecule has 1 aromatic carbocycles. The van der Waals surface area contributed by atoms with Crippen LogP contribution in [0.4, 0.5) is 4.39 Å². The normalized spacial score (nSPS) is 17.4. The van der Waals surface area contributed by atoms with Crippen LogP contribution in [0.3, 0.4) is 0 Å². The topological polar surface area (TPSA) is 61.9 Å². The van der Waals surface area contributed by atoms with E-state index in [1.54, 1.807) is 40.2 Å². The fraction of sp³-hybridized carbons (Fsp3) is 0.235. The van der Waals surface area contributed by atoms with E-state index in [0.717, 1.165) is 12.8 Å². The fourth-order valence-corrected chi connectivity index (χ4v) is 3.61. The molecule has 2 aromatic heterocycles. The van der Waals surface area contributed by atoms with Crippen molar-refractivity contribution in [1.82, 2.24) is 19.9 Å². The maximum atomic E-state index is 13.9. The highest BCUT2D eigenvalue weighted by Crippen LogP contribution is 2.33. The lowest BCUT2D eigenvalue weighted by Crippen LogP contribution is -2.31. The van der Waals surface area contributed by atoms with Crippen molar-refractivity contribution in [3.8, 4) is 11.3 Å². The molecule has 1 aliphatic rings. The molecule has 3 aromatic rings.